The molecule has 1 saturated carbocycles. The Morgan fingerprint density at radius 2 is 2.17 bits per heavy atom. The lowest BCUT2D eigenvalue weighted by Crippen LogP contribution is -2.15. The van der Waals surface area contributed by atoms with Crippen LogP contribution < -0.4 is 5.32 Å². The van der Waals surface area contributed by atoms with Crippen molar-refractivity contribution in [2.75, 3.05) is 11.1 Å². The number of benzene rings is 1. The Morgan fingerprint density at radius 1 is 1.39 bits per heavy atom. The predicted molar refractivity (Wildman–Crippen MR) is 93.1 cm³/mol. The second-order valence-corrected chi connectivity index (χ2v) is 6.93. The van der Waals surface area contributed by atoms with Gasteiger partial charge in [0.25, 0.3) is 0 Å². The first-order valence-electron chi connectivity index (χ1n) is 7.79. The maximum Gasteiger partial charge on any atom is 0.234 e. The fourth-order valence-electron chi connectivity index (χ4n) is 2.36. The standard InChI is InChI=1S/C16H19ClN4OS/c1-2-9-21-15(11-7-8-11)19-20-16(21)23-10-14(22)18-13-6-4-3-5-12(13)17/h3-6,11H,2,7-10H2,1H3,(H,18,22). The Labute approximate surface area is 144 Å². The van der Waals surface area contributed by atoms with Gasteiger partial charge in [-0.2, -0.15) is 0 Å². The first-order valence-corrected chi connectivity index (χ1v) is 9.15. The van der Waals surface area contributed by atoms with Gasteiger partial charge >= 0.3 is 0 Å². The van der Waals surface area contributed by atoms with E-state index in [9.17, 15) is 4.79 Å². The van der Waals surface area contributed by atoms with Crippen molar-refractivity contribution in [2.24, 2.45) is 0 Å². The van der Waals surface area contributed by atoms with E-state index in [4.69, 9.17) is 11.6 Å². The highest BCUT2D eigenvalue weighted by Crippen LogP contribution is 2.40. The van der Waals surface area contributed by atoms with E-state index in [-0.39, 0.29) is 11.7 Å². The number of carbonyl (C=O) groups is 1. The van der Waals surface area contributed by atoms with Crippen LogP contribution in [0.25, 0.3) is 0 Å². The Balaban J connectivity index is 1.61. The molecule has 0 saturated heterocycles. The minimum Gasteiger partial charge on any atom is -0.324 e. The molecule has 2 aromatic rings. The van der Waals surface area contributed by atoms with Gasteiger partial charge in [-0.3, -0.25) is 4.79 Å². The molecule has 1 aromatic carbocycles. The van der Waals surface area contributed by atoms with E-state index in [1.165, 1.54) is 24.6 Å². The molecule has 3 rings (SSSR count). The Kier molecular flexibility index (Phi) is 5.23. The van der Waals surface area contributed by atoms with Crippen LogP contribution in [0.15, 0.2) is 29.4 Å². The summed E-state index contributed by atoms with van der Waals surface area (Å²) in [6, 6.07) is 7.22. The van der Waals surface area contributed by atoms with Crippen molar-refractivity contribution in [3.05, 3.63) is 35.1 Å². The maximum atomic E-state index is 12.1. The summed E-state index contributed by atoms with van der Waals surface area (Å²) in [6.45, 7) is 3.03. The molecular formula is C16H19ClN4OS. The molecule has 122 valence electrons. The number of carbonyl (C=O) groups excluding carboxylic acids is 1. The van der Waals surface area contributed by atoms with Crippen molar-refractivity contribution >= 4 is 35.0 Å². The van der Waals surface area contributed by atoms with Gasteiger partial charge < -0.3 is 9.88 Å². The average molecular weight is 351 g/mol. The zero-order valence-electron chi connectivity index (χ0n) is 13.0. The van der Waals surface area contributed by atoms with Crippen LogP contribution >= 0.6 is 23.4 Å². The van der Waals surface area contributed by atoms with Crippen molar-refractivity contribution in [1.29, 1.82) is 0 Å². The van der Waals surface area contributed by atoms with E-state index in [1.54, 1.807) is 12.1 Å². The molecular weight excluding hydrogens is 332 g/mol. The third-order valence-electron chi connectivity index (χ3n) is 3.62. The van der Waals surface area contributed by atoms with Gasteiger partial charge in [-0.05, 0) is 31.4 Å². The molecule has 5 nitrogen and oxygen atoms in total. The summed E-state index contributed by atoms with van der Waals surface area (Å²) in [7, 11) is 0. The van der Waals surface area contributed by atoms with Crippen molar-refractivity contribution in [1.82, 2.24) is 14.8 Å². The lowest BCUT2D eigenvalue weighted by atomic mass is 10.3. The van der Waals surface area contributed by atoms with Crippen LogP contribution in [0.5, 0.6) is 0 Å². The largest absolute Gasteiger partial charge is 0.324 e. The van der Waals surface area contributed by atoms with Crippen molar-refractivity contribution in [2.45, 2.75) is 43.8 Å². The average Bonchev–Trinajstić information content (AvgIpc) is 3.30. The number of hydrogen-bond acceptors (Lipinski definition) is 4. The molecule has 23 heavy (non-hydrogen) atoms. The molecule has 1 aliphatic carbocycles. The van der Waals surface area contributed by atoms with Crippen LogP contribution in [-0.2, 0) is 11.3 Å². The van der Waals surface area contributed by atoms with E-state index >= 15 is 0 Å². The van der Waals surface area contributed by atoms with Crippen LogP contribution in [-0.4, -0.2) is 26.4 Å². The van der Waals surface area contributed by atoms with E-state index in [0.717, 1.165) is 23.9 Å². The summed E-state index contributed by atoms with van der Waals surface area (Å²) >= 11 is 7.47. The van der Waals surface area contributed by atoms with Crippen LogP contribution in [0, 0.1) is 0 Å². The van der Waals surface area contributed by atoms with Crippen molar-refractivity contribution < 1.29 is 4.79 Å². The molecule has 7 heteroatoms. The SMILES string of the molecule is CCCn1c(SCC(=O)Nc2ccccc2Cl)nnc1C1CC1. The number of aromatic nitrogens is 3. The number of nitrogens with one attached hydrogen (secondary N) is 1. The fraction of sp³-hybridized carbons (Fsp3) is 0.438. The molecule has 1 aromatic heterocycles. The number of nitrogens with zero attached hydrogens (tertiary/aromatic N) is 3. The number of halogens is 1. The number of hydrogen-bond donors (Lipinski definition) is 1. The zero-order chi connectivity index (χ0) is 16.2. The predicted octanol–water partition coefficient (Wildman–Crippen LogP) is 3.95. The number of anilines is 1. The number of para-hydroxylation sites is 1. The van der Waals surface area contributed by atoms with Gasteiger partial charge in [0, 0.05) is 12.5 Å². The third kappa shape index (κ3) is 4.06. The summed E-state index contributed by atoms with van der Waals surface area (Å²) in [5.41, 5.74) is 0.633. The minimum absolute atomic E-state index is 0.0953. The van der Waals surface area contributed by atoms with Gasteiger partial charge in [-0.15, -0.1) is 10.2 Å². The van der Waals surface area contributed by atoms with Gasteiger partial charge in [-0.25, -0.2) is 0 Å². The molecule has 0 radical (unpaired) electrons. The van der Waals surface area contributed by atoms with Crippen LogP contribution in [0.4, 0.5) is 5.69 Å². The lowest BCUT2D eigenvalue weighted by molar-refractivity contribution is -0.113. The first kappa shape index (κ1) is 16.3. The quantitative estimate of drug-likeness (QED) is 0.768. The molecule has 1 aliphatic rings. The Morgan fingerprint density at radius 3 is 2.87 bits per heavy atom. The Bertz CT molecular complexity index is 699. The number of thioether (sulfide) groups is 1. The summed E-state index contributed by atoms with van der Waals surface area (Å²) < 4.78 is 2.16. The van der Waals surface area contributed by atoms with E-state index in [2.05, 4.69) is 27.0 Å². The van der Waals surface area contributed by atoms with E-state index in [0.29, 0.717) is 16.6 Å². The molecule has 1 N–H and O–H groups in total. The van der Waals surface area contributed by atoms with Crippen LogP contribution in [0.3, 0.4) is 0 Å². The molecule has 1 fully saturated rings. The highest BCUT2D eigenvalue weighted by Gasteiger charge is 2.30. The number of amides is 1. The zero-order valence-corrected chi connectivity index (χ0v) is 14.5. The monoisotopic (exact) mass is 350 g/mol. The first-order chi connectivity index (χ1) is 11.2. The lowest BCUT2D eigenvalue weighted by Gasteiger charge is -2.09. The molecule has 0 spiro atoms. The highest BCUT2D eigenvalue weighted by atomic mass is 35.5. The molecule has 1 heterocycles. The highest BCUT2D eigenvalue weighted by molar-refractivity contribution is 7.99. The minimum atomic E-state index is -0.0953. The van der Waals surface area contributed by atoms with E-state index < -0.39 is 0 Å². The fourth-order valence-corrected chi connectivity index (χ4v) is 3.32. The number of rotatable bonds is 7. The molecule has 0 aliphatic heterocycles. The molecule has 0 unspecified atom stereocenters. The molecule has 1 amide bonds. The maximum absolute atomic E-state index is 12.1. The second-order valence-electron chi connectivity index (χ2n) is 5.58. The normalized spacial score (nSPS) is 14.0. The van der Waals surface area contributed by atoms with Gasteiger partial charge in [-0.1, -0.05) is 42.4 Å². The Hall–Kier alpha value is -1.53. The van der Waals surface area contributed by atoms with Crippen molar-refractivity contribution in [3.63, 3.8) is 0 Å². The van der Waals surface area contributed by atoms with Gasteiger partial charge in [0.15, 0.2) is 5.16 Å². The van der Waals surface area contributed by atoms with Gasteiger partial charge in [0.05, 0.1) is 16.5 Å². The van der Waals surface area contributed by atoms with Gasteiger partial charge in [0.2, 0.25) is 5.91 Å². The van der Waals surface area contributed by atoms with Crippen molar-refractivity contribution in [3.8, 4) is 0 Å². The van der Waals surface area contributed by atoms with Crippen LogP contribution in [0.1, 0.15) is 37.9 Å². The van der Waals surface area contributed by atoms with Crippen LogP contribution in [0.2, 0.25) is 5.02 Å². The van der Waals surface area contributed by atoms with E-state index in [1.807, 2.05) is 12.1 Å². The summed E-state index contributed by atoms with van der Waals surface area (Å²) in [6.07, 6.45) is 3.41. The summed E-state index contributed by atoms with van der Waals surface area (Å²) in [4.78, 5) is 12.1. The molecule has 0 atom stereocenters. The summed E-state index contributed by atoms with van der Waals surface area (Å²) in [5, 5.41) is 12.8. The smallest absolute Gasteiger partial charge is 0.234 e. The second kappa shape index (κ2) is 7.36. The summed E-state index contributed by atoms with van der Waals surface area (Å²) in [5.74, 6) is 1.82. The van der Waals surface area contributed by atoms with Gasteiger partial charge in [0.1, 0.15) is 5.82 Å². The topological polar surface area (TPSA) is 59.8 Å². The molecule has 0 bridgehead atoms. The third-order valence-corrected chi connectivity index (χ3v) is 4.91.